The van der Waals surface area contributed by atoms with Gasteiger partial charge in [-0.1, -0.05) is 30.3 Å². The van der Waals surface area contributed by atoms with E-state index < -0.39 is 10.0 Å². The van der Waals surface area contributed by atoms with Gasteiger partial charge in [0.2, 0.25) is 15.9 Å². The highest BCUT2D eigenvalue weighted by molar-refractivity contribution is 7.92. The lowest BCUT2D eigenvalue weighted by molar-refractivity contribution is 0.569. The van der Waals surface area contributed by atoms with Crippen LogP contribution in [0.15, 0.2) is 40.8 Å². The Morgan fingerprint density at radius 2 is 1.78 bits per heavy atom. The van der Waals surface area contributed by atoms with Crippen molar-refractivity contribution in [2.45, 2.75) is 6.92 Å². The molecule has 0 aliphatic carbocycles. The second-order valence-corrected chi connectivity index (χ2v) is 6.21. The van der Waals surface area contributed by atoms with Crippen LogP contribution in [0.2, 0.25) is 0 Å². The van der Waals surface area contributed by atoms with Gasteiger partial charge in [-0.25, -0.2) is 12.7 Å². The summed E-state index contributed by atoms with van der Waals surface area (Å²) < 4.78 is 29.7. The minimum absolute atomic E-state index is 0.328. The molecule has 1 heterocycles. The summed E-state index contributed by atoms with van der Waals surface area (Å²) in [4.78, 5) is 0. The summed E-state index contributed by atoms with van der Waals surface area (Å²) >= 11 is 0. The Labute approximate surface area is 107 Å². The van der Waals surface area contributed by atoms with E-state index in [1.165, 1.54) is 7.05 Å². The molecular formula is C13H15NO3S. The molecule has 2 aromatic rings. The lowest BCUT2D eigenvalue weighted by Crippen LogP contribution is -2.24. The number of anilines is 1. The largest absolute Gasteiger partial charge is 0.439 e. The van der Waals surface area contributed by atoms with Crippen LogP contribution in [0, 0.1) is 6.92 Å². The van der Waals surface area contributed by atoms with Crippen LogP contribution in [-0.2, 0) is 10.0 Å². The molecule has 1 aromatic heterocycles. The van der Waals surface area contributed by atoms with E-state index in [-0.39, 0.29) is 0 Å². The normalized spacial score (nSPS) is 11.5. The molecule has 0 unspecified atom stereocenters. The van der Waals surface area contributed by atoms with Gasteiger partial charge in [-0.3, -0.25) is 0 Å². The molecule has 0 radical (unpaired) electrons. The van der Waals surface area contributed by atoms with E-state index in [0.717, 1.165) is 21.7 Å². The Morgan fingerprint density at radius 3 is 2.33 bits per heavy atom. The second kappa shape index (κ2) is 4.49. The van der Waals surface area contributed by atoms with Gasteiger partial charge in [0.05, 0.1) is 6.26 Å². The summed E-state index contributed by atoms with van der Waals surface area (Å²) in [6.07, 6.45) is 1.15. The third-order valence-corrected chi connectivity index (χ3v) is 3.92. The average molecular weight is 265 g/mol. The fraction of sp³-hybridized carbons (Fsp3) is 0.231. The number of benzene rings is 1. The third-order valence-electron chi connectivity index (χ3n) is 2.75. The summed E-state index contributed by atoms with van der Waals surface area (Å²) in [5.74, 6) is 1.02. The smallest absolute Gasteiger partial charge is 0.234 e. The van der Waals surface area contributed by atoms with E-state index in [2.05, 4.69) is 0 Å². The highest BCUT2D eigenvalue weighted by Crippen LogP contribution is 2.31. The molecule has 1 aromatic carbocycles. The van der Waals surface area contributed by atoms with Crippen molar-refractivity contribution in [1.29, 1.82) is 0 Å². The van der Waals surface area contributed by atoms with Gasteiger partial charge in [-0.2, -0.15) is 0 Å². The van der Waals surface area contributed by atoms with Crippen LogP contribution in [0.4, 0.5) is 5.88 Å². The number of nitrogens with zero attached hydrogens (tertiary/aromatic N) is 1. The number of rotatable bonds is 3. The van der Waals surface area contributed by atoms with Gasteiger partial charge in [0.1, 0.15) is 5.76 Å². The molecule has 0 N–H and O–H groups in total. The number of sulfonamides is 1. The standard InChI is InChI=1S/C13H15NO3S/c1-10-9-12(14(2)18(3,15)16)17-13(10)11-7-5-4-6-8-11/h4-9H,1-3H3. The zero-order valence-electron chi connectivity index (χ0n) is 10.5. The van der Waals surface area contributed by atoms with Crippen molar-refractivity contribution in [1.82, 2.24) is 0 Å². The first kappa shape index (κ1) is 12.7. The van der Waals surface area contributed by atoms with Crippen LogP contribution in [0.3, 0.4) is 0 Å². The van der Waals surface area contributed by atoms with Crippen molar-refractivity contribution >= 4 is 15.9 Å². The maximum absolute atomic E-state index is 11.5. The first-order chi connectivity index (χ1) is 8.39. The highest BCUT2D eigenvalue weighted by atomic mass is 32.2. The van der Waals surface area contributed by atoms with E-state index in [4.69, 9.17) is 4.42 Å². The predicted molar refractivity (Wildman–Crippen MR) is 72.1 cm³/mol. The van der Waals surface area contributed by atoms with Crippen molar-refractivity contribution in [3.8, 4) is 11.3 Å². The Kier molecular flexibility index (Phi) is 3.17. The van der Waals surface area contributed by atoms with E-state index in [0.29, 0.717) is 11.6 Å². The number of aryl methyl sites for hydroxylation is 1. The minimum atomic E-state index is -3.30. The Balaban J connectivity index is 2.46. The van der Waals surface area contributed by atoms with Crippen LogP contribution in [0.5, 0.6) is 0 Å². The summed E-state index contributed by atoms with van der Waals surface area (Å²) in [6, 6.07) is 11.3. The van der Waals surface area contributed by atoms with Gasteiger partial charge in [-0.15, -0.1) is 0 Å². The first-order valence-corrected chi connectivity index (χ1v) is 7.34. The van der Waals surface area contributed by atoms with Crippen LogP contribution in [0.1, 0.15) is 5.56 Å². The summed E-state index contributed by atoms with van der Waals surface area (Å²) in [5, 5.41) is 0. The van der Waals surface area contributed by atoms with Crippen molar-refractivity contribution < 1.29 is 12.8 Å². The molecule has 0 atom stereocenters. The first-order valence-electron chi connectivity index (χ1n) is 5.49. The van der Waals surface area contributed by atoms with Gasteiger partial charge < -0.3 is 4.42 Å². The molecule has 96 valence electrons. The molecule has 2 rings (SSSR count). The van der Waals surface area contributed by atoms with E-state index in [9.17, 15) is 8.42 Å². The SMILES string of the molecule is Cc1cc(N(C)S(C)(=O)=O)oc1-c1ccccc1. The topological polar surface area (TPSA) is 50.5 Å². The molecule has 18 heavy (non-hydrogen) atoms. The molecule has 0 bridgehead atoms. The van der Waals surface area contributed by atoms with Crippen LogP contribution in [-0.4, -0.2) is 21.7 Å². The maximum atomic E-state index is 11.5. The maximum Gasteiger partial charge on any atom is 0.234 e. The molecule has 0 aliphatic heterocycles. The van der Waals surface area contributed by atoms with E-state index in [1.807, 2.05) is 37.3 Å². The van der Waals surface area contributed by atoms with Crippen LogP contribution < -0.4 is 4.31 Å². The van der Waals surface area contributed by atoms with Crippen molar-refractivity contribution in [2.75, 3.05) is 17.6 Å². The fourth-order valence-corrected chi connectivity index (χ4v) is 2.08. The molecule has 0 saturated heterocycles. The Bertz CT molecular complexity index is 644. The van der Waals surface area contributed by atoms with Gasteiger partial charge in [0, 0.05) is 18.7 Å². The van der Waals surface area contributed by atoms with E-state index >= 15 is 0 Å². The summed E-state index contributed by atoms with van der Waals surface area (Å²) in [5.41, 5.74) is 1.84. The third kappa shape index (κ3) is 2.41. The van der Waals surface area contributed by atoms with Gasteiger partial charge in [0.15, 0.2) is 0 Å². The Hall–Kier alpha value is -1.75. The summed E-state index contributed by atoms with van der Waals surface area (Å²) in [7, 11) is -1.83. The van der Waals surface area contributed by atoms with Crippen molar-refractivity contribution in [3.05, 3.63) is 42.0 Å². The quantitative estimate of drug-likeness (QED) is 0.857. The molecule has 0 fully saturated rings. The molecule has 0 aliphatic rings. The number of hydrogen-bond acceptors (Lipinski definition) is 3. The minimum Gasteiger partial charge on any atom is -0.439 e. The zero-order valence-corrected chi connectivity index (χ0v) is 11.4. The molecule has 0 spiro atoms. The zero-order chi connectivity index (χ0) is 13.3. The van der Waals surface area contributed by atoms with E-state index in [1.54, 1.807) is 6.07 Å². The number of hydrogen-bond donors (Lipinski definition) is 0. The monoisotopic (exact) mass is 265 g/mol. The average Bonchev–Trinajstić information content (AvgIpc) is 2.70. The van der Waals surface area contributed by atoms with Gasteiger partial charge in [0.25, 0.3) is 0 Å². The molecule has 0 amide bonds. The molecular weight excluding hydrogens is 250 g/mol. The van der Waals surface area contributed by atoms with Crippen LogP contribution in [0.25, 0.3) is 11.3 Å². The molecule has 5 heteroatoms. The highest BCUT2D eigenvalue weighted by Gasteiger charge is 2.18. The van der Waals surface area contributed by atoms with Crippen molar-refractivity contribution in [2.24, 2.45) is 0 Å². The molecule has 0 saturated carbocycles. The Morgan fingerprint density at radius 1 is 1.17 bits per heavy atom. The lowest BCUT2D eigenvalue weighted by Gasteiger charge is -2.12. The van der Waals surface area contributed by atoms with Crippen LogP contribution >= 0.6 is 0 Å². The fourth-order valence-electron chi connectivity index (χ4n) is 1.66. The summed E-state index contributed by atoms with van der Waals surface area (Å²) in [6.45, 7) is 1.89. The second-order valence-electron chi connectivity index (χ2n) is 4.19. The predicted octanol–water partition coefficient (Wildman–Crippen LogP) is 2.65. The number of furan rings is 1. The lowest BCUT2D eigenvalue weighted by atomic mass is 10.1. The van der Waals surface area contributed by atoms with Gasteiger partial charge >= 0.3 is 0 Å². The van der Waals surface area contributed by atoms with Crippen molar-refractivity contribution in [3.63, 3.8) is 0 Å². The molecule has 4 nitrogen and oxygen atoms in total. The van der Waals surface area contributed by atoms with Gasteiger partial charge in [-0.05, 0) is 12.5 Å².